The minimum atomic E-state index is 0.159. The Bertz CT molecular complexity index is 400. The summed E-state index contributed by atoms with van der Waals surface area (Å²) in [6.07, 6.45) is 0. The van der Waals surface area contributed by atoms with Crippen molar-refractivity contribution in [1.82, 2.24) is 4.90 Å². The quantitative estimate of drug-likeness (QED) is 0.716. The summed E-state index contributed by atoms with van der Waals surface area (Å²) in [5.41, 5.74) is 1.38. The van der Waals surface area contributed by atoms with Crippen LogP contribution < -0.4 is 0 Å². The molecule has 0 unspecified atom stereocenters. The van der Waals surface area contributed by atoms with Crippen LogP contribution in [-0.2, 0) is 12.0 Å². The van der Waals surface area contributed by atoms with Gasteiger partial charge in [0.2, 0.25) is 0 Å². The number of carbonyl (C=O) groups is 1. The summed E-state index contributed by atoms with van der Waals surface area (Å²) in [7, 11) is 0. The van der Waals surface area contributed by atoms with E-state index in [4.69, 9.17) is 0 Å². The van der Waals surface area contributed by atoms with Crippen molar-refractivity contribution >= 4 is 17.2 Å². The maximum absolute atomic E-state index is 11.9. The minimum absolute atomic E-state index is 0.159. The third-order valence-electron chi connectivity index (χ3n) is 2.77. The molecule has 2 rings (SSSR count). The number of hydrogen-bond donors (Lipinski definition) is 0. The molecular weight excluding hydrogens is 206 g/mol. The zero-order chi connectivity index (χ0) is 11.2. The first-order valence-corrected chi connectivity index (χ1v) is 6.17. The van der Waals surface area contributed by atoms with Crippen molar-refractivity contribution in [1.29, 1.82) is 0 Å². The normalized spacial score (nSPS) is 16.0. The average molecular weight is 223 g/mol. The van der Waals surface area contributed by atoms with Crippen molar-refractivity contribution in [3.8, 4) is 0 Å². The fourth-order valence-corrected chi connectivity index (χ4v) is 2.97. The van der Waals surface area contributed by atoms with Gasteiger partial charge in [0.1, 0.15) is 0 Å². The van der Waals surface area contributed by atoms with Gasteiger partial charge >= 0.3 is 0 Å². The second kappa shape index (κ2) is 3.34. The molecule has 0 N–H and O–H groups in total. The van der Waals surface area contributed by atoms with Crippen LogP contribution in [0, 0.1) is 0 Å². The van der Waals surface area contributed by atoms with Crippen molar-refractivity contribution < 1.29 is 4.79 Å². The highest BCUT2D eigenvalue weighted by molar-refractivity contribution is 7.14. The van der Waals surface area contributed by atoms with Gasteiger partial charge < -0.3 is 4.90 Å². The zero-order valence-electron chi connectivity index (χ0n) is 9.76. The van der Waals surface area contributed by atoms with E-state index >= 15 is 0 Å². The van der Waals surface area contributed by atoms with Gasteiger partial charge in [0, 0.05) is 18.0 Å². The van der Waals surface area contributed by atoms with Gasteiger partial charge in [0.15, 0.2) is 0 Å². The molecule has 0 fully saturated rings. The molecule has 1 aliphatic heterocycles. The fourth-order valence-electron chi connectivity index (χ4n) is 1.77. The molecule has 0 spiro atoms. The van der Waals surface area contributed by atoms with Crippen LogP contribution in [0.25, 0.3) is 0 Å². The molecule has 0 atom stereocenters. The second-order valence-electron chi connectivity index (χ2n) is 5.03. The Morgan fingerprint density at radius 2 is 2.13 bits per heavy atom. The topological polar surface area (TPSA) is 20.3 Å². The first-order valence-electron chi connectivity index (χ1n) is 5.36. The van der Waals surface area contributed by atoms with Gasteiger partial charge in [-0.15, -0.1) is 11.3 Å². The van der Waals surface area contributed by atoms with Crippen LogP contribution in [0.15, 0.2) is 6.07 Å². The van der Waals surface area contributed by atoms with Crippen molar-refractivity contribution in [3.05, 3.63) is 21.4 Å². The van der Waals surface area contributed by atoms with E-state index in [0.717, 1.165) is 18.0 Å². The first-order chi connectivity index (χ1) is 6.93. The third kappa shape index (κ3) is 1.69. The molecule has 1 aromatic rings. The van der Waals surface area contributed by atoms with Gasteiger partial charge in [-0.1, -0.05) is 20.8 Å². The Kier molecular flexibility index (Phi) is 2.38. The molecule has 1 aliphatic rings. The highest BCUT2D eigenvalue weighted by Crippen LogP contribution is 2.36. The summed E-state index contributed by atoms with van der Waals surface area (Å²) in [6.45, 7) is 10.2. The van der Waals surface area contributed by atoms with E-state index in [-0.39, 0.29) is 11.3 Å². The van der Waals surface area contributed by atoms with Crippen LogP contribution in [0.4, 0.5) is 0 Å². The Hall–Kier alpha value is -0.830. The predicted octanol–water partition coefficient (Wildman–Crippen LogP) is 3.02. The monoisotopic (exact) mass is 223 g/mol. The lowest BCUT2D eigenvalue weighted by molar-refractivity contribution is 0.0790. The Balaban J connectivity index is 2.36. The van der Waals surface area contributed by atoms with Gasteiger partial charge in [0.25, 0.3) is 5.91 Å². The summed E-state index contributed by atoms with van der Waals surface area (Å²) < 4.78 is 0. The van der Waals surface area contributed by atoms with Crippen molar-refractivity contribution in [2.75, 3.05) is 6.54 Å². The molecule has 0 saturated carbocycles. The summed E-state index contributed by atoms with van der Waals surface area (Å²) in [5.74, 6) is 0.216. The van der Waals surface area contributed by atoms with Crippen molar-refractivity contribution in [3.63, 3.8) is 0 Å². The van der Waals surface area contributed by atoms with Crippen molar-refractivity contribution in [2.45, 2.75) is 39.7 Å². The molecule has 2 heterocycles. The number of carbonyl (C=O) groups excluding carboxylic acids is 1. The maximum Gasteiger partial charge on any atom is 0.264 e. The smallest absolute Gasteiger partial charge is 0.264 e. The first kappa shape index (κ1) is 10.7. The average Bonchev–Trinajstić information content (AvgIpc) is 2.65. The highest BCUT2D eigenvalue weighted by atomic mass is 32.1. The van der Waals surface area contributed by atoms with E-state index in [9.17, 15) is 4.79 Å². The third-order valence-corrected chi connectivity index (χ3v) is 4.36. The molecule has 0 radical (unpaired) electrons. The number of thiophene rings is 1. The van der Waals surface area contributed by atoms with E-state index < -0.39 is 0 Å². The van der Waals surface area contributed by atoms with Crippen LogP contribution in [0.1, 0.15) is 47.8 Å². The molecule has 15 heavy (non-hydrogen) atoms. The molecular formula is C12H17NOS. The lowest BCUT2D eigenvalue weighted by atomic mass is 9.94. The fraction of sp³-hybridized carbons (Fsp3) is 0.583. The zero-order valence-corrected chi connectivity index (χ0v) is 10.6. The van der Waals surface area contributed by atoms with Crippen LogP contribution >= 0.6 is 11.3 Å². The standard InChI is InChI=1S/C12H17NOS/c1-5-13-7-8-6-9(12(2,3)4)15-10(8)11(13)14/h6H,5,7H2,1-4H3. The van der Waals surface area contributed by atoms with E-state index in [1.807, 2.05) is 11.8 Å². The molecule has 82 valence electrons. The summed E-state index contributed by atoms with van der Waals surface area (Å²) in [4.78, 5) is 16.1. The van der Waals surface area contributed by atoms with Gasteiger partial charge in [0.05, 0.1) is 4.88 Å². The SMILES string of the molecule is CCN1Cc2cc(C(C)(C)C)sc2C1=O. The predicted molar refractivity (Wildman–Crippen MR) is 63.4 cm³/mol. The van der Waals surface area contributed by atoms with Gasteiger partial charge in [-0.2, -0.15) is 0 Å². The number of rotatable bonds is 1. The summed E-state index contributed by atoms with van der Waals surface area (Å²) in [5, 5.41) is 0. The van der Waals surface area contributed by atoms with Crippen molar-refractivity contribution in [2.24, 2.45) is 0 Å². The van der Waals surface area contributed by atoms with Crippen LogP contribution in [0.2, 0.25) is 0 Å². The Morgan fingerprint density at radius 3 is 2.60 bits per heavy atom. The largest absolute Gasteiger partial charge is 0.334 e. The molecule has 0 aromatic carbocycles. The number of hydrogen-bond acceptors (Lipinski definition) is 2. The lowest BCUT2D eigenvalue weighted by Gasteiger charge is -2.17. The summed E-state index contributed by atoms with van der Waals surface area (Å²) in [6, 6.07) is 2.20. The van der Waals surface area contributed by atoms with E-state index in [1.54, 1.807) is 11.3 Å². The van der Waals surface area contributed by atoms with Crippen LogP contribution in [0.5, 0.6) is 0 Å². The minimum Gasteiger partial charge on any atom is -0.334 e. The van der Waals surface area contributed by atoms with E-state index in [2.05, 4.69) is 26.8 Å². The molecule has 3 heteroatoms. The molecule has 1 aromatic heterocycles. The van der Waals surface area contributed by atoms with Gasteiger partial charge in [-0.05, 0) is 24.0 Å². The maximum atomic E-state index is 11.9. The molecule has 2 nitrogen and oxygen atoms in total. The number of fused-ring (bicyclic) bond motifs is 1. The van der Waals surface area contributed by atoms with Crippen LogP contribution in [0.3, 0.4) is 0 Å². The van der Waals surface area contributed by atoms with E-state index in [1.165, 1.54) is 10.4 Å². The molecule has 0 aliphatic carbocycles. The number of amides is 1. The highest BCUT2D eigenvalue weighted by Gasteiger charge is 2.31. The summed E-state index contributed by atoms with van der Waals surface area (Å²) >= 11 is 1.66. The molecule has 0 saturated heterocycles. The van der Waals surface area contributed by atoms with Gasteiger partial charge in [-0.25, -0.2) is 0 Å². The molecule has 1 amide bonds. The lowest BCUT2D eigenvalue weighted by Crippen LogP contribution is -2.23. The van der Waals surface area contributed by atoms with E-state index in [0.29, 0.717) is 0 Å². The molecule has 0 bridgehead atoms. The van der Waals surface area contributed by atoms with Gasteiger partial charge in [-0.3, -0.25) is 4.79 Å². The number of nitrogens with zero attached hydrogens (tertiary/aromatic N) is 1. The Labute approximate surface area is 94.9 Å². The Morgan fingerprint density at radius 1 is 1.47 bits per heavy atom. The second-order valence-corrected chi connectivity index (χ2v) is 6.09. The van der Waals surface area contributed by atoms with Crippen LogP contribution in [-0.4, -0.2) is 17.4 Å².